The maximum atomic E-state index is 12.1. The van der Waals surface area contributed by atoms with Gasteiger partial charge in [0, 0.05) is 16.3 Å². The predicted molar refractivity (Wildman–Crippen MR) is 187 cm³/mol. The van der Waals surface area contributed by atoms with Crippen molar-refractivity contribution in [2.75, 3.05) is 11.2 Å². The molecule has 0 heterocycles. The monoisotopic (exact) mass is 682 g/mol. The van der Waals surface area contributed by atoms with E-state index in [4.69, 9.17) is 11.1 Å². The molecule has 244 valence electrons. The second-order valence-electron chi connectivity index (χ2n) is 11.3. The number of fused-ring (bicyclic) bond motifs is 2. The molecule has 48 heavy (non-hydrogen) atoms. The van der Waals surface area contributed by atoms with Gasteiger partial charge in [-0.1, -0.05) is 60.7 Å². The number of hydrazine groups is 1. The van der Waals surface area contributed by atoms with Crippen molar-refractivity contribution in [3.05, 3.63) is 124 Å². The van der Waals surface area contributed by atoms with Crippen LogP contribution in [0.4, 0.5) is 22.7 Å². The van der Waals surface area contributed by atoms with Gasteiger partial charge in [0.05, 0.1) is 28.5 Å². The van der Waals surface area contributed by atoms with Gasteiger partial charge in [-0.05, 0) is 78.4 Å². The second-order valence-corrected chi connectivity index (χ2v) is 14.1. The summed E-state index contributed by atoms with van der Waals surface area (Å²) in [6.07, 6.45) is 6.68. The standard InChI is InChI=1S/C34H30N6O6S2/c1-19-11-12-22(16-28(19)38-40-30-18-32(48(44,45)46)24-8-4-6-10-26(24)34(30)36)21-13-14-27(20(2)15-21)37-39-29-17-31(47(41,42)43)23-7-3-5-9-25(23)33(29)35/h3-6,8-18,35,37,39H,7,36H2,1-2H3,(H,41,42,43)(H,44,45,46). The smallest absolute Gasteiger partial charge is 0.295 e. The molecule has 0 aliphatic heterocycles. The molecule has 12 nitrogen and oxygen atoms in total. The van der Waals surface area contributed by atoms with Crippen LogP contribution >= 0.6 is 0 Å². The molecule has 0 fully saturated rings. The zero-order valence-corrected chi connectivity index (χ0v) is 27.3. The average molecular weight is 683 g/mol. The molecule has 0 radical (unpaired) electrons. The lowest BCUT2D eigenvalue weighted by molar-refractivity contribution is 0.483. The molecule has 7 N–H and O–H groups in total. The van der Waals surface area contributed by atoms with Crippen LogP contribution in [-0.2, 0) is 20.2 Å². The Hall–Kier alpha value is -5.41. The SMILES string of the molecule is Cc1ccc(-c2ccc(NNC3=CC(S(=O)(=O)O)=C4CC=CC=C4C3=N)c(C)c2)cc1N=Nc1cc(S(=O)(=O)O)c2ccccc2c1N. The zero-order valence-electron chi connectivity index (χ0n) is 25.7. The highest BCUT2D eigenvalue weighted by molar-refractivity contribution is 7.90. The number of benzene rings is 4. The van der Waals surface area contributed by atoms with Crippen LogP contribution in [0.25, 0.3) is 21.9 Å². The van der Waals surface area contributed by atoms with Gasteiger partial charge in [0.2, 0.25) is 0 Å². The fraction of sp³-hybridized carbons (Fsp3) is 0.0882. The topological polar surface area (TPSA) is 207 Å². The lowest BCUT2D eigenvalue weighted by Crippen LogP contribution is -2.31. The van der Waals surface area contributed by atoms with Crippen molar-refractivity contribution < 1.29 is 25.9 Å². The Balaban J connectivity index is 1.26. The Morgan fingerprint density at radius 1 is 0.812 bits per heavy atom. The summed E-state index contributed by atoms with van der Waals surface area (Å²) < 4.78 is 68.1. The molecule has 2 aliphatic carbocycles. The lowest BCUT2D eigenvalue weighted by atomic mass is 9.89. The van der Waals surface area contributed by atoms with Crippen molar-refractivity contribution in [2.45, 2.75) is 25.2 Å². The number of azo groups is 1. The highest BCUT2D eigenvalue weighted by Crippen LogP contribution is 2.38. The third kappa shape index (κ3) is 6.29. The van der Waals surface area contributed by atoms with Gasteiger partial charge in [-0.15, -0.1) is 5.11 Å². The first-order valence-corrected chi connectivity index (χ1v) is 17.4. The number of hydrogen-bond acceptors (Lipinski definition) is 10. The summed E-state index contributed by atoms with van der Waals surface area (Å²) in [6.45, 7) is 3.74. The van der Waals surface area contributed by atoms with Gasteiger partial charge in [0.15, 0.2) is 0 Å². The molecule has 0 amide bonds. The largest absolute Gasteiger partial charge is 0.396 e. The quantitative estimate of drug-likeness (QED) is 0.0479. The van der Waals surface area contributed by atoms with Crippen LogP contribution in [0.5, 0.6) is 0 Å². The van der Waals surface area contributed by atoms with Gasteiger partial charge in [0.1, 0.15) is 15.5 Å². The molecule has 0 saturated heterocycles. The van der Waals surface area contributed by atoms with Crippen molar-refractivity contribution in [1.29, 1.82) is 5.41 Å². The molecule has 0 bridgehead atoms. The van der Waals surface area contributed by atoms with Crippen LogP contribution in [0.3, 0.4) is 0 Å². The van der Waals surface area contributed by atoms with Gasteiger partial charge in [-0.25, -0.2) is 0 Å². The van der Waals surface area contributed by atoms with E-state index in [1.165, 1.54) is 12.1 Å². The van der Waals surface area contributed by atoms with Crippen molar-refractivity contribution >= 4 is 59.5 Å². The summed E-state index contributed by atoms with van der Waals surface area (Å²) in [7, 11) is -9.07. The molecule has 4 aromatic carbocycles. The summed E-state index contributed by atoms with van der Waals surface area (Å²) in [5, 5.41) is 17.9. The Morgan fingerprint density at radius 3 is 2.21 bits per heavy atom. The van der Waals surface area contributed by atoms with Crippen LogP contribution < -0.4 is 16.6 Å². The fourth-order valence-electron chi connectivity index (χ4n) is 5.56. The maximum Gasteiger partial charge on any atom is 0.295 e. The van der Waals surface area contributed by atoms with E-state index in [9.17, 15) is 25.9 Å². The Morgan fingerprint density at radius 2 is 1.50 bits per heavy atom. The molecule has 14 heteroatoms. The Bertz CT molecular complexity index is 2430. The number of rotatable bonds is 8. The molecule has 0 unspecified atom stereocenters. The molecule has 6 rings (SSSR count). The van der Waals surface area contributed by atoms with Crippen LogP contribution in [0.1, 0.15) is 17.5 Å². The zero-order chi connectivity index (χ0) is 34.4. The van der Waals surface area contributed by atoms with Crippen molar-refractivity contribution in [3.63, 3.8) is 0 Å². The summed E-state index contributed by atoms with van der Waals surface area (Å²) in [4.78, 5) is -0.565. The van der Waals surface area contributed by atoms with Crippen molar-refractivity contribution in [3.8, 4) is 11.1 Å². The van der Waals surface area contributed by atoms with Gasteiger partial charge < -0.3 is 11.2 Å². The van der Waals surface area contributed by atoms with Gasteiger partial charge in [0.25, 0.3) is 20.2 Å². The van der Waals surface area contributed by atoms with E-state index < -0.39 is 20.2 Å². The first kappa shape index (κ1) is 32.5. The predicted octanol–water partition coefficient (Wildman–Crippen LogP) is 7.23. The summed E-state index contributed by atoms with van der Waals surface area (Å²) in [5.74, 6) is 0. The van der Waals surface area contributed by atoms with E-state index in [1.807, 2.05) is 50.2 Å². The average Bonchev–Trinajstić information content (AvgIpc) is 3.04. The van der Waals surface area contributed by atoms with Gasteiger partial charge in [-0.3, -0.25) is 19.9 Å². The fourth-order valence-corrected chi connectivity index (χ4v) is 7.05. The first-order valence-electron chi connectivity index (χ1n) is 14.6. The van der Waals surface area contributed by atoms with E-state index in [2.05, 4.69) is 21.1 Å². The number of nitrogens with zero attached hydrogens (tertiary/aromatic N) is 2. The van der Waals surface area contributed by atoms with E-state index in [0.717, 1.165) is 22.3 Å². The molecule has 4 aromatic rings. The second kappa shape index (κ2) is 12.3. The highest BCUT2D eigenvalue weighted by atomic mass is 32.2. The molecule has 0 aromatic heterocycles. The molecule has 0 atom stereocenters. The van der Waals surface area contributed by atoms with Crippen molar-refractivity contribution in [2.24, 2.45) is 10.2 Å². The molecule has 0 spiro atoms. The van der Waals surface area contributed by atoms with E-state index >= 15 is 0 Å². The number of aryl methyl sites for hydroxylation is 2. The van der Waals surface area contributed by atoms with Crippen molar-refractivity contribution in [1.82, 2.24) is 5.43 Å². The number of anilines is 2. The van der Waals surface area contributed by atoms with Gasteiger partial charge >= 0.3 is 0 Å². The third-order valence-corrected chi connectivity index (χ3v) is 9.92. The Labute approximate surface area is 277 Å². The van der Waals surface area contributed by atoms with Crippen LogP contribution in [0, 0.1) is 19.3 Å². The summed E-state index contributed by atoms with van der Waals surface area (Å²) >= 11 is 0. The van der Waals surface area contributed by atoms with Crippen LogP contribution in [-0.4, -0.2) is 31.7 Å². The Kier molecular flexibility index (Phi) is 8.35. The minimum atomic E-state index is -4.56. The van der Waals surface area contributed by atoms with Crippen LogP contribution in [0.2, 0.25) is 0 Å². The summed E-state index contributed by atoms with van der Waals surface area (Å²) in [6, 6.07) is 19.0. The molecule has 0 saturated carbocycles. The molecular formula is C34H30N6O6S2. The number of allylic oxidation sites excluding steroid dienone is 6. The molecular weight excluding hydrogens is 653 g/mol. The number of nitrogens with two attached hydrogens (primary N) is 1. The van der Waals surface area contributed by atoms with E-state index in [1.54, 1.807) is 42.5 Å². The van der Waals surface area contributed by atoms with Gasteiger partial charge in [-0.2, -0.15) is 21.9 Å². The summed E-state index contributed by atoms with van der Waals surface area (Å²) in [5.41, 5.74) is 18.2. The van der Waals surface area contributed by atoms with E-state index in [0.29, 0.717) is 27.9 Å². The minimum absolute atomic E-state index is 0.0875. The molecule has 2 aliphatic rings. The number of nitrogen functional groups attached to an aromatic ring is 1. The highest BCUT2D eigenvalue weighted by Gasteiger charge is 2.29. The van der Waals surface area contributed by atoms with E-state index in [-0.39, 0.29) is 44.4 Å². The minimum Gasteiger partial charge on any atom is -0.396 e. The number of hydrogen-bond donors (Lipinski definition) is 6. The lowest BCUT2D eigenvalue weighted by Gasteiger charge is -2.25. The normalized spacial score (nSPS) is 15.0. The maximum absolute atomic E-state index is 12.1. The van der Waals surface area contributed by atoms with Crippen LogP contribution in [0.15, 0.2) is 128 Å². The number of nitrogens with one attached hydrogen (secondary N) is 3. The first-order chi connectivity index (χ1) is 22.7. The third-order valence-electron chi connectivity index (χ3n) is 8.11.